The van der Waals surface area contributed by atoms with Gasteiger partial charge in [0.2, 0.25) is 0 Å². The molecule has 0 spiro atoms. The number of hydrogen-bond donors (Lipinski definition) is 0. The molecule has 0 aliphatic heterocycles. The maximum Gasteiger partial charge on any atom is 0.172 e. The molecule has 156 valence electrons. The van der Waals surface area contributed by atoms with Gasteiger partial charge in [-0.25, -0.2) is 4.57 Å². The third-order valence-electron chi connectivity index (χ3n) is 5.82. The fourth-order valence-corrected chi connectivity index (χ4v) is 3.92. The zero-order valence-corrected chi connectivity index (χ0v) is 18.9. The van der Waals surface area contributed by atoms with Crippen LogP contribution in [0, 0.1) is 0 Å². The molecule has 1 aromatic heterocycles. The van der Waals surface area contributed by atoms with Crippen molar-refractivity contribution in [2.45, 2.75) is 136 Å². The lowest BCUT2D eigenvalue weighted by atomic mass is 10.00. The Balaban J connectivity index is 2.20. The molecule has 1 heteroatoms. The molecule has 0 aromatic carbocycles. The van der Waals surface area contributed by atoms with E-state index in [4.69, 9.17) is 0 Å². The Bertz CT molecular complexity index is 452. The van der Waals surface area contributed by atoms with E-state index in [1.165, 1.54) is 116 Å². The summed E-state index contributed by atoms with van der Waals surface area (Å²) in [5, 5.41) is 0. The van der Waals surface area contributed by atoms with Gasteiger partial charge < -0.3 is 0 Å². The van der Waals surface area contributed by atoms with E-state index in [-0.39, 0.29) is 0 Å². The van der Waals surface area contributed by atoms with Gasteiger partial charge in [-0.1, -0.05) is 91.4 Å². The maximum absolute atomic E-state index is 2.46. The summed E-state index contributed by atoms with van der Waals surface area (Å²) in [6.07, 6.45) is 28.2. The third kappa shape index (κ3) is 12.3. The summed E-state index contributed by atoms with van der Waals surface area (Å²) in [7, 11) is 0. The van der Waals surface area contributed by atoms with Gasteiger partial charge in [-0.3, -0.25) is 0 Å². The van der Waals surface area contributed by atoms with E-state index >= 15 is 0 Å². The Labute approximate surface area is 171 Å². The van der Waals surface area contributed by atoms with Crippen LogP contribution in [0.5, 0.6) is 0 Å². The predicted octanol–water partition coefficient (Wildman–Crippen LogP) is 7.97. The Hall–Kier alpha value is -0.850. The molecule has 0 aliphatic carbocycles. The molecule has 0 unspecified atom stereocenters. The Morgan fingerprint density at radius 2 is 1.04 bits per heavy atom. The van der Waals surface area contributed by atoms with E-state index in [0.717, 1.165) is 0 Å². The number of unbranched alkanes of at least 4 members (excludes halogenated alkanes) is 12. The van der Waals surface area contributed by atoms with Gasteiger partial charge in [-0.2, -0.15) is 0 Å². The minimum absolute atomic E-state index is 1.20. The second-order valence-corrected chi connectivity index (χ2v) is 8.48. The number of nitrogens with zero attached hydrogens (tertiary/aromatic N) is 1. The average molecular weight is 375 g/mol. The molecule has 1 aromatic rings. The molecule has 0 radical (unpaired) electrons. The van der Waals surface area contributed by atoms with Crippen molar-refractivity contribution >= 4 is 0 Å². The monoisotopic (exact) mass is 374 g/mol. The summed E-state index contributed by atoms with van der Waals surface area (Å²) in [5.74, 6) is 0. The fraction of sp³-hybridized carbons (Fsp3) is 0.808. The van der Waals surface area contributed by atoms with Gasteiger partial charge >= 0.3 is 0 Å². The standard InChI is InChI=1S/C26H48N/c1-4-7-10-11-12-13-14-15-16-17-18-22-27-23-21-25(19-8-5-2)26(24-27)20-9-6-3/h21,23-24H,4-20,22H2,1-3H3/q+1. The Morgan fingerprint density at radius 1 is 0.556 bits per heavy atom. The van der Waals surface area contributed by atoms with Crippen molar-refractivity contribution in [3.05, 3.63) is 29.6 Å². The van der Waals surface area contributed by atoms with Crippen molar-refractivity contribution in [3.8, 4) is 0 Å². The van der Waals surface area contributed by atoms with Crippen LogP contribution in [0.2, 0.25) is 0 Å². The first-order chi connectivity index (χ1) is 13.3. The zero-order chi connectivity index (χ0) is 19.6. The molecule has 0 N–H and O–H groups in total. The molecular weight excluding hydrogens is 326 g/mol. The van der Waals surface area contributed by atoms with Crippen LogP contribution in [0.15, 0.2) is 18.5 Å². The van der Waals surface area contributed by atoms with Crippen LogP contribution in [0.25, 0.3) is 0 Å². The van der Waals surface area contributed by atoms with Crippen molar-refractivity contribution in [3.63, 3.8) is 0 Å². The van der Waals surface area contributed by atoms with Crippen molar-refractivity contribution in [1.29, 1.82) is 0 Å². The second kappa shape index (κ2) is 17.3. The Kier molecular flexibility index (Phi) is 15.5. The Morgan fingerprint density at radius 3 is 1.59 bits per heavy atom. The van der Waals surface area contributed by atoms with E-state index in [1.807, 2.05) is 0 Å². The maximum atomic E-state index is 2.46. The highest BCUT2D eigenvalue weighted by molar-refractivity contribution is 5.21. The van der Waals surface area contributed by atoms with E-state index < -0.39 is 0 Å². The summed E-state index contributed by atoms with van der Waals surface area (Å²) in [6.45, 7) is 8.09. The van der Waals surface area contributed by atoms with Gasteiger partial charge in [-0.05, 0) is 37.7 Å². The summed E-state index contributed by atoms with van der Waals surface area (Å²) in [4.78, 5) is 0. The lowest BCUT2D eigenvalue weighted by Crippen LogP contribution is -2.33. The van der Waals surface area contributed by atoms with Gasteiger partial charge in [0.05, 0.1) is 0 Å². The normalized spacial score (nSPS) is 11.2. The van der Waals surface area contributed by atoms with Crippen molar-refractivity contribution in [2.24, 2.45) is 0 Å². The summed E-state index contributed by atoms with van der Waals surface area (Å²) >= 11 is 0. The SMILES string of the molecule is CCCCCCCCCCCCC[n+]1ccc(CCCC)c(CCCC)c1. The topological polar surface area (TPSA) is 3.88 Å². The van der Waals surface area contributed by atoms with Crippen LogP contribution in [-0.4, -0.2) is 0 Å². The van der Waals surface area contributed by atoms with Gasteiger partial charge in [0, 0.05) is 18.1 Å². The van der Waals surface area contributed by atoms with Gasteiger partial charge in [0.15, 0.2) is 12.4 Å². The van der Waals surface area contributed by atoms with Crippen LogP contribution in [0.1, 0.15) is 128 Å². The molecule has 0 fully saturated rings. The van der Waals surface area contributed by atoms with E-state index in [2.05, 4.69) is 43.8 Å². The van der Waals surface area contributed by atoms with Crippen LogP contribution in [0.3, 0.4) is 0 Å². The third-order valence-corrected chi connectivity index (χ3v) is 5.82. The largest absolute Gasteiger partial charge is 0.205 e. The molecular formula is C26H48N+. The molecule has 1 nitrogen and oxygen atoms in total. The quantitative estimate of drug-likeness (QED) is 0.181. The number of aryl methyl sites for hydroxylation is 3. The zero-order valence-electron chi connectivity index (χ0n) is 18.9. The number of hydrogen-bond acceptors (Lipinski definition) is 0. The first-order valence-corrected chi connectivity index (χ1v) is 12.3. The molecule has 1 rings (SSSR count). The molecule has 0 atom stereocenters. The van der Waals surface area contributed by atoms with Crippen LogP contribution in [0.4, 0.5) is 0 Å². The highest BCUT2D eigenvalue weighted by atomic mass is 14.9. The van der Waals surface area contributed by atoms with E-state index in [9.17, 15) is 0 Å². The second-order valence-electron chi connectivity index (χ2n) is 8.48. The molecule has 0 aliphatic rings. The molecule has 0 saturated heterocycles. The van der Waals surface area contributed by atoms with Crippen molar-refractivity contribution < 1.29 is 4.57 Å². The molecule has 0 amide bonds. The van der Waals surface area contributed by atoms with Gasteiger partial charge in [0.1, 0.15) is 6.54 Å². The van der Waals surface area contributed by atoms with E-state index in [1.54, 1.807) is 11.1 Å². The first kappa shape index (κ1) is 24.2. The minimum Gasteiger partial charge on any atom is -0.205 e. The van der Waals surface area contributed by atoms with Gasteiger partial charge in [-0.15, -0.1) is 0 Å². The molecule has 1 heterocycles. The van der Waals surface area contributed by atoms with Crippen molar-refractivity contribution in [1.82, 2.24) is 0 Å². The molecule has 0 saturated carbocycles. The predicted molar refractivity (Wildman–Crippen MR) is 120 cm³/mol. The lowest BCUT2D eigenvalue weighted by molar-refractivity contribution is -0.697. The summed E-state index contributed by atoms with van der Waals surface area (Å²) in [6, 6.07) is 2.40. The summed E-state index contributed by atoms with van der Waals surface area (Å²) < 4.78 is 2.45. The minimum atomic E-state index is 1.20. The van der Waals surface area contributed by atoms with Crippen LogP contribution >= 0.6 is 0 Å². The first-order valence-electron chi connectivity index (χ1n) is 12.3. The number of rotatable bonds is 18. The smallest absolute Gasteiger partial charge is 0.172 e. The lowest BCUT2D eigenvalue weighted by Gasteiger charge is -2.08. The van der Waals surface area contributed by atoms with Gasteiger partial charge in [0.25, 0.3) is 0 Å². The van der Waals surface area contributed by atoms with Crippen molar-refractivity contribution in [2.75, 3.05) is 0 Å². The molecule has 27 heavy (non-hydrogen) atoms. The fourth-order valence-electron chi connectivity index (χ4n) is 3.92. The highest BCUT2D eigenvalue weighted by Crippen LogP contribution is 2.14. The summed E-state index contributed by atoms with van der Waals surface area (Å²) in [5.41, 5.74) is 3.20. The van der Waals surface area contributed by atoms with Crippen LogP contribution < -0.4 is 4.57 Å². The highest BCUT2D eigenvalue weighted by Gasteiger charge is 2.09. The molecule has 0 bridgehead atoms. The van der Waals surface area contributed by atoms with E-state index in [0.29, 0.717) is 0 Å². The number of aromatic nitrogens is 1. The van der Waals surface area contributed by atoms with Crippen LogP contribution in [-0.2, 0) is 19.4 Å². The number of pyridine rings is 1. The average Bonchev–Trinajstić information content (AvgIpc) is 2.69.